The van der Waals surface area contributed by atoms with Crippen molar-refractivity contribution in [2.45, 2.75) is 26.2 Å². The van der Waals surface area contributed by atoms with Gasteiger partial charge < -0.3 is 9.42 Å². The quantitative estimate of drug-likeness (QED) is 0.841. The number of benzene rings is 1. The molecule has 0 bridgehead atoms. The van der Waals surface area contributed by atoms with Crippen molar-refractivity contribution in [3.05, 3.63) is 41.7 Å². The Hall–Kier alpha value is -2.10. The number of likely N-dealkylation sites (tertiary alicyclic amines) is 1. The van der Waals surface area contributed by atoms with Gasteiger partial charge in [0.05, 0.1) is 0 Å². The molecule has 0 spiro atoms. The van der Waals surface area contributed by atoms with E-state index in [-0.39, 0.29) is 5.91 Å². The molecule has 1 saturated heterocycles. The number of carbonyl (C=O) groups excluding carboxylic acids is 1. The number of amides is 1. The van der Waals surface area contributed by atoms with Crippen LogP contribution in [0.4, 0.5) is 0 Å². The molecule has 1 aliphatic rings. The fraction of sp³-hybridized carbons (Fsp3) is 0.375. The van der Waals surface area contributed by atoms with Crippen molar-refractivity contribution in [3.8, 4) is 11.3 Å². The normalized spacial score (nSPS) is 15.3. The molecule has 104 valence electrons. The Morgan fingerprint density at radius 2 is 1.85 bits per heavy atom. The molecule has 1 aromatic carbocycles. The van der Waals surface area contributed by atoms with Crippen molar-refractivity contribution in [2.75, 3.05) is 13.1 Å². The zero-order valence-electron chi connectivity index (χ0n) is 11.6. The van der Waals surface area contributed by atoms with Crippen molar-refractivity contribution in [1.82, 2.24) is 10.1 Å². The summed E-state index contributed by atoms with van der Waals surface area (Å²) >= 11 is 0. The fourth-order valence-corrected chi connectivity index (χ4v) is 2.67. The molecule has 4 nitrogen and oxygen atoms in total. The number of carbonyl (C=O) groups is 1. The number of aromatic nitrogens is 1. The van der Waals surface area contributed by atoms with Crippen molar-refractivity contribution >= 4 is 5.91 Å². The van der Waals surface area contributed by atoms with E-state index < -0.39 is 0 Å². The van der Waals surface area contributed by atoms with Gasteiger partial charge in [-0.2, -0.15) is 0 Å². The van der Waals surface area contributed by atoms with E-state index in [1.54, 1.807) is 6.92 Å². The molecule has 4 heteroatoms. The summed E-state index contributed by atoms with van der Waals surface area (Å²) in [5.41, 5.74) is 2.18. The van der Waals surface area contributed by atoms with Gasteiger partial charge >= 0.3 is 0 Å². The molecule has 0 N–H and O–H groups in total. The molecule has 0 saturated carbocycles. The molecular formula is C16H18N2O2. The summed E-state index contributed by atoms with van der Waals surface area (Å²) in [6.07, 6.45) is 3.37. The van der Waals surface area contributed by atoms with E-state index in [9.17, 15) is 4.79 Å². The average molecular weight is 270 g/mol. The molecule has 1 amide bonds. The molecule has 2 heterocycles. The van der Waals surface area contributed by atoms with Crippen molar-refractivity contribution < 1.29 is 9.32 Å². The second-order valence-corrected chi connectivity index (χ2v) is 5.18. The minimum atomic E-state index is 0.0438. The van der Waals surface area contributed by atoms with Gasteiger partial charge in [-0.25, -0.2) is 0 Å². The highest BCUT2D eigenvalue weighted by molar-refractivity contribution is 6.00. The maximum absolute atomic E-state index is 12.7. The summed E-state index contributed by atoms with van der Waals surface area (Å²) < 4.78 is 5.26. The van der Waals surface area contributed by atoms with E-state index >= 15 is 0 Å². The van der Waals surface area contributed by atoms with Crippen LogP contribution in [0.5, 0.6) is 0 Å². The van der Waals surface area contributed by atoms with Crippen molar-refractivity contribution in [2.24, 2.45) is 0 Å². The Morgan fingerprint density at radius 3 is 2.55 bits per heavy atom. The van der Waals surface area contributed by atoms with Crippen LogP contribution in [-0.4, -0.2) is 29.1 Å². The van der Waals surface area contributed by atoms with E-state index in [1.165, 1.54) is 6.42 Å². The number of rotatable bonds is 2. The second-order valence-electron chi connectivity index (χ2n) is 5.18. The van der Waals surface area contributed by atoms with E-state index in [4.69, 9.17) is 4.52 Å². The molecule has 1 aliphatic heterocycles. The third-order valence-corrected chi connectivity index (χ3v) is 3.77. The molecule has 0 unspecified atom stereocenters. The van der Waals surface area contributed by atoms with Crippen molar-refractivity contribution in [3.63, 3.8) is 0 Å². The van der Waals surface area contributed by atoms with E-state index in [1.807, 2.05) is 35.2 Å². The standard InChI is InChI=1S/C16H18N2O2/c1-12-14(16(19)18-10-6-3-7-11-18)15(17-20-12)13-8-4-2-5-9-13/h2,4-5,8-9H,3,6-7,10-11H2,1H3. The van der Waals surface area contributed by atoms with Crippen LogP contribution >= 0.6 is 0 Å². The number of aryl methyl sites for hydroxylation is 1. The monoisotopic (exact) mass is 270 g/mol. The smallest absolute Gasteiger partial charge is 0.259 e. The first kappa shape index (κ1) is 12.9. The van der Waals surface area contributed by atoms with Crippen LogP contribution in [0, 0.1) is 6.92 Å². The van der Waals surface area contributed by atoms with Gasteiger partial charge in [-0.3, -0.25) is 4.79 Å². The van der Waals surface area contributed by atoms with Gasteiger partial charge in [-0.1, -0.05) is 35.5 Å². The number of nitrogens with zero attached hydrogens (tertiary/aromatic N) is 2. The molecule has 2 aromatic rings. The van der Waals surface area contributed by atoms with Gasteiger partial charge in [0.25, 0.3) is 5.91 Å². The SMILES string of the molecule is Cc1onc(-c2ccccc2)c1C(=O)N1CCCCC1. The summed E-state index contributed by atoms with van der Waals surface area (Å²) in [7, 11) is 0. The molecular weight excluding hydrogens is 252 g/mol. The van der Waals surface area contributed by atoms with Crippen LogP contribution in [0.1, 0.15) is 35.4 Å². The maximum atomic E-state index is 12.7. The summed E-state index contributed by atoms with van der Waals surface area (Å²) in [6.45, 7) is 3.46. The third-order valence-electron chi connectivity index (χ3n) is 3.77. The minimum Gasteiger partial charge on any atom is -0.360 e. The van der Waals surface area contributed by atoms with Gasteiger partial charge in [0.2, 0.25) is 0 Å². The van der Waals surface area contributed by atoms with Crippen LogP contribution in [0.25, 0.3) is 11.3 Å². The predicted octanol–water partition coefficient (Wildman–Crippen LogP) is 3.28. The molecule has 1 aromatic heterocycles. The van der Waals surface area contributed by atoms with Gasteiger partial charge in [0.15, 0.2) is 0 Å². The van der Waals surface area contributed by atoms with Crippen molar-refractivity contribution in [1.29, 1.82) is 0 Å². The Morgan fingerprint density at radius 1 is 1.15 bits per heavy atom. The third kappa shape index (κ3) is 2.33. The first-order chi connectivity index (χ1) is 9.77. The molecule has 3 rings (SSSR count). The average Bonchev–Trinajstić information content (AvgIpc) is 2.90. The van der Waals surface area contributed by atoms with E-state index in [0.29, 0.717) is 17.0 Å². The van der Waals surface area contributed by atoms with E-state index in [2.05, 4.69) is 5.16 Å². The summed E-state index contributed by atoms with van der Waals surface area (Å²) in [4.78, 5) is 14.6. The summed E-state index contributed by atoms with van der Waals surface area (Å²) in [6, 6.07) is 9.72. The lowest BCUT2D eigenvalue weighted by atomic mass is 10.0. The highest BCUT2D eigenvalue weighted by atomic mass is 16.5. The lowest BCUT2D eigenvalue weighted by molar-refractivity contribution is 0.0723. The maximum Gasteiger partial charge on any atom is 0.259 e. The molecule has 0 aliphatic carbocycles. The highest BCUT2D eigenvalue weighted by Gasteiger charge is 2.26. The zero-order chi connectivity index (χ0) is 13.9. The van der Waals surface area contributed by atoms with E-state index in [0.717, 1.165) is 31.5 Å². The Bertz CT molecular complexity index is 598. The number of piperidine rings is 1. The van der Waals surface area contributed by atoms with Gasteiger partial charge in [-0.15, -0.1) is 0 Å². The van der Waals surface area contributed by atoms with Crippen LogP contribution < -0.4 is 0 Å². The lowest BCUT2D eigenvalue weighted by Crippen LogP contribution is -2.36. The Balaban J connectivity index is 1.97. The predicted molar refractivity (Wildman–Crippen MR) is 76.4 cm³/mol. The van der Waals surface area contributed by atoms with Gasteiger partial charge in [0, 0.05) is 18.7 Å². The molecule has 0 atom stereocenters. The summed E-state index contributed by atoms with van der Waals surface area (Å²) in [5.74, 6) is 0.640. The molecule has 0 radical (unpaired) electrons. The van der Waals surface area contributed by atoms with Crippen LogP contribution in [-0.2, 0) is 0 Å². The first-order valence-electron chi connectivity index (χ1n) is 7.08. The second kappa shape index (κ2) is 5.49. The highest BCUT2D eigenvalue weighted by Crippen LogP contribution is 2.27. The Kier molecular flexibility index (Phi) is 3.54. The lowest BCUT2D eigenvalue weighted by Gasteiger charge is -2.26. The van der Waals surface area contributed by atoms with Gasteiger partial charge in [0.1, 0.15) is 17.0 Å². The largest absolute Gasteiger partial charge is 0.360 e. The first-order valence-corrected chi connectivity index (χ1v) is 7.08. The zero-order valence-corrected chi connectivity index (χ0v) is 11.6. The number of hydrogen-bond donors (Lipinski definition) is 0. The minimum absolute atomic E-state index is 0.0438. The van der Waals surface area contributed by atoms with Gasteiger partial charge in [-0.05, 0) is 26.2 Å². The molecule has 20 heavy (non-hydrogen) atoms. The number of hydrogen-bond acceptors (Lipinski definition) is 3. The van der Waals surface area contributed by atoms with Crippen LogP contribution in [0.2, 0.25) is 0 Å². The topological polar surface area (TPSA) is 46.3 Å². The fourth-order valence-electron chi connectivity index (χ4n) is 2.67. The summed E-state index contributed by atoms with van der Waals surface area (Å²) in [5, 5.41) is 4.08. The molecule has 1 fully saturated rings. The van der Waals surface area contributed by atoms with Crippen LogP contribution in [0.15, 0.2) is 34.9 Å². The van der Waals surface area contributed by atoms with Crippen LogP contribution in [0.3, 0.4) is 0 Å². The Labute approximate surface area is 118 Å².